The van der Waals surface area contributed by atoms with Crippen molar-refractivity contribution < 1.29 is 4.74 Å². The molecule has 2 heterocycles. The molecule has 0 saturated heterocycles. The number of rotatable bonds is 4. The molecule has 0 N–H and O–H groups in total. The summed E-state index contributed by atoms with van der Waals surface area (Å²) in [5.41, 5.74) is 3.37. The minimum atomic E-state index is -0.215. The van der Waals surface area contributed by atoms with E-state index in [0.29, 0.717) is 17.9 Å². The minimum absolute atomic E-state index is 0.215. The van der Waals surface area contributed by atoms with Gasteiger partial charge in [-0.3, -0.25) is 9.36 Å². The number of benzene rings is 2. The van der Waals surface area contributed by atoms with Crippen molar-refractivity contribution in [3.05, 3.63) is 76.3 Å². The van der Waals surface area contributed by atoms with Crippen LogP contribution in [0.4, 0.5) is 0 Å². The maximum Gasteiger partial charge on any atom is 0.283 e. The first-order chi connectivity index (χ1) is 12.7. The molecule has 0 aliphatic carbocycles. The van der Waals surface area contributed by atoms with Gasteiger partial charge in [-0.2, -0.15) is 4.68 Å². The number of fused-ring (bicyclic) bond motifs is 1. The van der Waals surface area contributed by atoms with Crippen LogP contribution >= 0.6 is 0 Å². The van der Waals surface area contributed by atoms with Crippen molar-refractivity contribution in [2.75, 3.05) is 7.11 Å². The lowest BCUT2D eigenvalue weighted by molar-refractivity contribution is 0.414. The predicted molar refractivity (Wildman–Crippen MR) is 97.8 cm³/mol. The van der Waals surface area contributed by atoms with E-state index in [0.717, 1.165) is 16.8 Å². The van der Waals surface area contributed by atoms with Crippen molar-refractivity contribution in [1.82, 2.24) is 24.5 Å². The van der Waals surface area contributed by atoms with Crippen LogP contribution in [0.15, 0.2) is 59.7 Å². The number of hydrogen-bond donors (Lipinski definition) is 0. The zero-order chi connectivity index (χ0) is 18.1. The third kappa shape index (κ3) is 2.73. The smallest absolute Gasteiger partial charge is 0.283 e. The number of ether oxygens (including phenoxy) is 1. The van der Waals surface area contributed by atoms with E-state index < -0.39 is 0 Å². The maximum atomic E-state index is 12.8. The molecule has 0 spiro atoms. The highest BCUT2D eigenvalue weighted by atomic mass is 16.5. The summed E-state index contributed by atoms with van der Waals surface area (Å²) in [5.74, 6) is 0.694. The van der Waals surface area contributed by atoms with Gasteiger partial charge in [0.15, 0.2) is 11.2 Å². The zero-order valence-corrected chi connectivity index (χ0v) is 14.5. The number of aryl methyl sites for hydroxylation is 1. The highest BCUT2D eigenvalue weighted by Gasteiger charge is 2.14. The Kier molecular flexibility index (Phi) is 3.96. The third-order valence-corrected chi connectivity index (χ3v) is 4.33. The lowest BCUT2D eigenvalue weighted by Gasteiger charge is -2.08. The molecule has 7 nitrogen and oxygen atoms in total. The summed E-state index contributed by atoms with van der Waals surface area (Å²) < 4.78 is 8.33. The Morgan fingerprint density at radius 3 is 2.77 bits per heavy atom. The second kappa shape index (κ2) is 6.44. The largest absolute Gasteiger partial charge is 0.497 e. The van der Waals surface area contributed by atoms with Crippen LogP contribution in [0.2, 0.25) is 0 Å². The molecule has 2 aromatic carbocycles. The Bertz CT molecular complexity index is 1150. The van der Waals surface area contributed by atoms with Crippen LogP contribution in [0.25, 0.3) is 16.9 Å². The Morgan fingerprint density at radius 1 is 1.12 bits per heavy atom. The van der Waals surface area contributed by atoms with Crippen LogP contribution in [-0.4, -0.2) is 31.7 Å². The number of nitrogens with zero attached hydrogens (tertiary/aromatic N) is 5. The molecule has 7 heteroatoms. The van der Waals surface area contributed by atoms with Gasteiger partial charge in [0.1, 0.15) is 12.1 Å². The van der Waals surface area contributed by atoms with Crippen LogP contribution in [0, 0.1) is 6.92 Å². The normalized spacial score (nSPS) is 11.0. The van der Waals surface area contributed by atoms with Crippen molar-refractivity contribution >= 4 is 11.2 Å². The van der Waals surface area contributed by atoms with Crippen LogP contribution in [-0.2, 0) is 6.54 Å². The molecule has 0 atom stereocenters. The highest BCUT2D eigenvalue weighted by molar-refractivity contribution is 5.70. The van der Waals surface area contributed by atoms with Crippen molar-refractivity contribution in [2.45, 2.75) is 13.5 Å². The van der Waals surface area contributed by atoms with E-state index in [9.17, 15) is 4.79 Å². The molecule has 0 unspecified atom stereocenters. The third-order valence-electron chi connectivity index (χ3n) is 4.33. The fourth-order valence-electron chi connectivity index (χ4n) is 2.84. The van der Waals surface area contributed by atoms with Crippen LogP contribution in [0.5, 0.6) is 5.75 Å². The molecule has 130 valence electrons. The molecular formula is C19H17N5O2. The summed E-state index contributed by atoms with van der Waals surface area (Å²) in [6.07, 6.45) is 1.54. The van der Waals surface area contributed by atoms with Gasteiger partial charge in [-0.1, -0.05) is 35.5 Å². The maximum absolute atomic E-state index is 12.8. The van der Waals surface area contributed by atoms with Crippen molar-refractivity contribution in [3.63, 3.8) is 0 Å². The molecule has 4 aromatic rings. The molecule has 0 fully saturated rings. The molecule has 0 radical (unpaired) electrons. The van der Waals surface area contributed by atoms with Gasteiger partial charge < -0.3 is 4.74 Å². The molecule has 0 saturated carbocycles. The van der Waals surface area contributed by atoms with Crippen molar-refractivity contribution in [2.24, 2.45) is 0 Å². The summed E-state index contributed by atoms with van der Waals surface area (Å²) in [7, 11) is 1.60. The monoisotopic (exact) mass is 347 g/mol. The number of hydrogen-bond acceptors (Lipinski definition) is 5. The van der Waals surface area contributed by atoms with Gasteiger partial charge in [0, 0.05) is 6.07 Å². The first-order valence-electron chi connectivity index (χ1n) is 8.17. The van der Waals surface area contributed by atoms with Gasteiger partial charge >= 0.3 is 0 Å². The number of methoxy groups -OCH3 is 1. The molecule has 2 aromatic heterocycles. The van der Waals surface area contributed by atoms with Crippen LogP contribution < -0.4 is 10.3 Å². The van der Waals surface area contributed by atoms with E-state index in [2.05, 4.69) is 15.3 Å². The summed E-state index contributed by atoms with van der Waals surface area (Å²) in [6.45, 7) is 2.46. The van der Waals surface area contributed by atoms with Gasteiger partial charge in [-0.25, -0.2) is 4.98 Å². The predicted octanol–water partition coefficient (Wildman–Crippen LogP) is 2.34. The van der Waals surface area contributed by atoms with E-state index in [-0.39, 0.29) is 11.1 Å². The van der Waals surface area contributed by atoms with Crippen molar-refractivity contribution in [1.29, 1.82) is 0 Å². The molecule has 4 rings (SSSR count). The number of aromatic nitrogens is 5. The highest BCUT2D eigenvalue weighted by Crippen LogP contribution is 2.18. The molecular weight excluding hydrogens is 330 g/mol. The fraction of sp³-hybridized carbons (Fsp3) is 0.158. The van der Waals surface area contributed by atoms with E-state index in [4.69, 9.17) is 4.74 Å². The molecule has 0 bridgehead atoms. The summed E-state index contributed by atoms with van der Waals surface area (Å²) in [5, 5.41) is 8.15. The van der Waals surface area contributed by atoms with E-state index >= 15 is 0 Å². The van der Waals surface area contributed by atoms with Gasteiger partial charge in [-0.15, -0.1) is 5.10 Å². The lowest BCUT2D eigenvalue weighted by atomic mass is 10.1. The van der Waals surface area contributed by atoms with Crippen LogP contribution in [0.3, 0.4) is 0 Å². The summed E-state index contributed by atoms with van der Waals surface area (Å²) in [4.78, 5) is 17.2. The quantitative estimate of drug-likeness (QED) is 0.566. The summed E-state index contributed by atoms with van der Waals surface area (Å²) >= 11 is 0. The zero-order valence-electron chi connectivity index (χ0n) is 14.5. The van der Waals surface area contributed by atoms with Gasteiger partial charge in [-0.05, 0) is 30.2 Å². The van der Waals surface area contributed by atoms with E-state index in [1.54, 1.807) is 11.7 Å². The second-order valence-electron chi connectivity index (χ2n) is 5.98. The molecule has 0 amide bonds. The topological polar surface area (TPSA) is 74.8 Å². The first-order valence-corrected chi connectivity index (χ1v) is 8.17. The molecule has 26 heavy (non-hydrogen) atoms. The Morgan fingerprint density at radius 2 is 1.96 bits per heavy atom. The van der Waals surface area contributed by atoms with E-state index in [1.807, 2.05) is 55.5 Å². The Hall–Kier alpha value is -3.48. The second-order valence-corrected chi connectivity index (χ2v) is 5.98. The molecule has 0 aliphatic heterocycles. The summed E-state index contributed by atoms with van der Waals surface area (Å²) in [6, 6.07) is 15.3. The molecule has 0 aliphatic rings. The van der Waals surface area contributed by atoms with Crippen molar-refractivity contribution in [3.8, 4) is 11.4 Å². The van der Waals surface area contributed by atoms with Gasteiger partial charge in [0.25, 0.3) is 5.56 Å². The SMILES string of the molecule is COc1cccc(-n2nnc3c(=O)n(Cc4ccccc4C)cnc32)c1. The Balaban J connectivity index is 1.78. The fourth-order valence-corrected chi connectivity index (χ4v) is 2.84. The Labute approximate surface area is 149 Å². The average Bonchev–Trinajstić information content (AvgIpc) is 3.10. The standard InChI is InChI=1S/C19H17N5O2/c1-13-6-3-4-7-14(13)11-23-12-20-18-17(19(23)25)21-22-24(18)15-8-5-9-16(10-15)26-2/h3-10,12H,11H2,1-2H3. The van der Waals surface area contributed by atoms with E-state index in [1.165, 1.54) is 11.0 Å². The lowest BCUT2D eigenvalue weighted by Crippen LogP contribution is -2.22. The first kappa shape index (κ1) is 16.0. The minimum Gasteiger partial charge on any atom is -0.497 e. The average molecular weight is 347 g/mol. The van der Waals surface area contributed by atoms with Crippen LogP contribution in [0.1, 0.15) is 11.1 Å². The van der Waals surface area contributed by atoms with Gasteiger partial charge in [0.2, 0.25) is 0 Å². The van der Waals surface area contributed by atoms with Gasteiger partial charge in [0.05, 0.1) is 19.3 Å².